The molecule has 1 aliphatic heterocycles. The second-order valence-corrected chi connectivity index (χ2v) is 8.30. The van der Waals surface area contributed by atoms with E-state index in [1.807, 2.05) is 23.6 Å². The molecule has 1 unspecified atom stereocenters. The van der Waals surface area contributed by atoms with Gasteiger partial charge >= 0.3 is 0 Å². The molecule has 0 aliphatic carbocycles. The maximum absolute atomic E-state index is 11.9. The summed E-state index contributed by atoms with van der Waals surface area (Å²) in [6.45, 7) is 1.93. The van der Waals surface area contributed by atoms with Gasteiger partial charge in [-0.1, -0.05) is 17.7 Å². The molecule has 1 aromatic heterocycles. The smallest absolute Gasteiger partial charge is 0.152 e. The van der Waals surface area contributed by atoms with Crippen LogP contribution in [0.15, 0.2) is 18.2 Å². The van der Waals surface area contributed by atoms with Gasteiger partial charge in [0.1, 0.15) is 5.82 Å². The van der Waals surface area contributed by atoms with Crippen LogP contribution < -0.4 is 0 Å². The van der Waals surface area contributed by atoms with Crippen molar-refractivity contribution in [2.75, 3.05) is 11.5 Å². The van der Waals surface area contributed by atoms with E-state index in [4.69, 9.17) is 23.2 Å². The van der Waals surface area contributed by atoms with Crippen LogP contribution in [-0.2, 0) is 21.3 Å². The van der Waals surface area contributed by atoms with E-state index >= 15 is 0 Å². The quantitative estimate of drug-likeness (QED) is 0.794. The number of sulfone groups is 1. The number of benzene rings is 1. The number of aromatic nitrogens is 2. The SMILES string of the molecule is CC1(n2c(CCl)nc3cccc(Cl)c32)CCS(=O)(=O)C1. The highest BCUT2D eigenvalue weighted by Crippen LogP contribution is 2.37. The maximum Gasteiger partial charge on any atom is 0.152 e. The molecule has 3 rings (SSSR count). The normalized spacial score (nSPS) is 25.4. The van der Waals surface area contributed by atoms with Crippen LogP contribution in [0.4, 0.5) is 0 Å². The van der Waals surface area contributed by atoms with Crippen LogP contribution in [-0.4, -0.2) is 29.5 Å². The van der Waals surface area contributed by atoms with Gasteiger partial charge in [0, 0.05) is 0 Å². The lowest BCUT2D eigenvalue weighted by Gasteiger charge is -2.27. The molecule has 4 nitrogen and oxygen atoms in total. The summed E-state index contributed by atoms with van der Waals surface area (Å²) in [6.07, 6.45) is 0.551. The molecule has 108 valence electrons. The highest BCUT2D eigenvalue weighted by Gasteiger charge is 2.42. The fourth-order valence-corrected chi connectivity index (χ4v) is 5.52. The van der Waals surface area contributed by atoms with E-state index in [0.29, 0.717) is 17.3 Å². The number of hydrogen-bond acceptors (Lipinski definition) is 3. The summed E-state index contributed by atoms with van der Waals surface area (Å²) < 4.78 is 25.6. The van der Waals surface area contributed by atoms with Gasteiger partial charge in [0.15, 0.2) is 9.84 Å². The number of alkyl halides is 1. The fraction of sp³-hybridized carbons (Fsp3) is 0.462. The molecule has 0 bridgehead atoms. The van der Waals surface area contributed by atoms with Crippen molar-refractivity contribution in [1.29, 1.82) is 0 Å². The van der Waals surface area contributed by atoms with E-state index < -0.39 is 15.4 Å². The molecular weight excluding hydrogens is 319 g/mol. The number of hydrogen-bond donors (Lipinski definition) is 0. The van der Waals surface area contributed by atoms with Crippen molar-refractivity contribution < 1.29 is 8.42 Å². The first-order valence-electron chi connectivity index (χ1n) is 6.29. The van der Waals surface area contributed by atoms with Crippen molar-refractivity contribution in [1.82, 2.24) is 9.55 Å². The fourth-order valence-electron chi connectivity index (χ4n) is 2.97. The Hall–Kier alpha value is -0.780. The first-order valence-corrected chi connectivity index (χ1v) is 9.02. The van der Waals surface area contributed by atoms with E-state index in [0.717, 1.165) is 11.0 Å². The monoisotopic (exact) mass is 332 g/mol. The number of para-hydroxylation sites is 1. The van der Waals surface area contributed by atoms with Gasteiger partial charge in [-0.25, -0.2) is 13.4 Å². The van der Waals surface area contributed by atoms with Gasteiger partial charge in [-0.2, -0.15) is 0 Å². The highest BCUT2D eigenvalue weighted by molar-refractivity contribution is 7.91. The van der Waals surface area contributed by atoms with Gasteiger partial charge in [0.25, 0.3) is 0 Å². The van der Waals surface area contributed by atoms with Crippen molar-refractivity contribution in [3.8, 4) is 0 Å². The van der Waals surface area contributed by atoms with Crippen molar-refractivity contribution in [2.24, 2.45) is 0 Å². The van der Waals surface area contributed by atoms with E-state index in [1.54, 1.807) is 6.07 Å². The Morgan fingerprint density at radius 2 is 2.20 bits per heavy atom. The molecule has 2 aromatic rings. The van der Waals surface area contributed by atoms with Gasteiger partial charge in [0.2, 0.25) is 0 Å². The summed E-state index contributed by atoms with van der Waals surface area (Å²) in [6, 6.07) is 5.47. The summed E-state index contributed by atoms with van der Waals surface area (Å²) in [5.74, 6) is 1.17. The number of rotatable bonds is 2. The average Bonchev–Trinajstić information content (AvgIpc) is 2.89. The molecule has 2 heterocycles. The molecule has 1 fully saturated rings. The summed E-state index contributed by atoms with van der Waals surface area (Å²) >= 11 is 12.3. The number of imidazole rings is 1. The number of fused-ring (bicyclic) bond motifs is 1. The molecule has 0 radical (unpaired) electrons. The van der Waals surface area contributed by atoms with Crippen LogP contribution in [0.2, 0.25) is 5.02 Å². The third kappa shape index (κ3) is 2.12. The van der Waals surface area contributed by atoms with Crippen LogP contribution in [0.25, 0.3) is 11.0 Å². The zero-order valence-electron chi connectivity index (χ0n) is 10.9. The van der Waals surface area contributed by atoms with Crippen LogP contribution in [0.5, 0.6) is 0 Å². The van der Waals surface area contributed by atoms with Crippen molar-refractivity contribution in [3.63, 3.8) is 0 Å². The van der Waals surface area contributed by atoms with Gasteiger partial charge in [-0.05, 0) is 25.5 Å². The third-order valence-corrected chi connectivity index (χ3v) is 6.27. The molecule has 1 atom stereocenters. The minimum atomic E-state index is -3.02. The molecular formula is C13H14Cl2N2O2S. The highest BCUT2D eigenvalue weighted by atomic mass is 35.5. The molecule has 0 spiro atoms. The van der Waals surface area contributed by atoms with Crippen LogP contribution in [0.1, 0.15) is 19.2 Å². The molecule has 1 aromatic carbocycles. The van der Waals surface area contributed by atoms with Crippen molar-refractivity contribution in [3.05, 3.63) is 29.0 Å². The molecule has 1 saturated heterocycles. The standard InChI is InChI=1S/C13H14Cl2N2O2S/c1-13(5-6-20(18,19)8-13)17-11(7-14)16-10-4-2-3-9(15)12(10)17/h2-4H,5-8H2,1H3. The lowest BCUT2D eigenvalue weighted by atomic mass is 10.0. The zero-order valence-corrected chi connectivity index (χ0v) is 13.3. The molecule has 7 heteroatoms. The molecule has 1 aliphatic rings. The summed E-state index contributed by atoms with van der Waals surface area (Å²) in [5.41, 5.74) is 0.978. The van der Waals surface area contributed by atoms with E-state index in [9.17, 15) is 8.42 Å². The first kappa shape index (κ1) is 14.2. The molecule has 0 amide bonds. The van der Waals surface area contributed by atoms with Crippen molar-refractivity contribution >= 4 is 44.1 Å². The van der Waals surface area contributed by atoms with E-state index in [1.165, 1.54) is 0 Å². The largest absolute Gasteiger partial charge is 0.319 e. The number of halogens is 2. The minimum absolute atomic E-state index is 0.0978. The predicted molar refractivity (Wildman–Crippen MR) is 81.2 cm³/mol. The van der Waals surface area contributed by atoms with Crippen molar-refractivity contribution in [2.45, 2.75) is 24.8 Å². The number of nitrogens with zero attached hydrogens (tertiary/aromatic N) is 2. The summed E-state index contributed by atoms with van der Waals surface area (Å²) in [5, 5.41) is 0.567. The predicted octanol–water partition coefficient (Wildman–Crippen LogP) is 2.96. The van der Waals surface area contributed by atoms with E-state index in [-0.39, 0.29) is 17.4 Å². The van der Waals surface area contributed by atoms with Gasteiger partial charge < -0.3 is 4.57 Å². The second-order valence-electron chi connectivity index (χ2n) is 5.44. The summed E-state index contributed by atoms with van der Waals surface area (Å²) in [4.78, 5) is 4.48. The molecule has 20 heavy (non-hydrogen) atoms. The van der Waals surface area contributed by atoms with Gasteiger partial charge in [-0.15, -0.1) is 11.6 Å². The third-order valence-electron chi connectivity index (χ3n) is 3.84. The summed E-state index contributed by atoms with van der Waals surface area (Å²) in [7, 11) is -3.02. The Labute approximate surface area is 127 Å². The zero-order chi connectivity index (χ0) is 14.5. The lowest BCUT2D eigenvalue weighted by Crippen LogP contribution is -2.32. The first-order chi connectivity index (χ1) is 9.36. The Bertz CT molecular complexity index is 785. The average molecular weight is 333 g/mol. The lowest BCUT2D eigenvalue weighted by molar-refractivity contribution is 0.367. The Morgan fingerprint density at radius 1 is 1.45 bits per heavy atom. The van der Waals surface area contributed by atoms with E-state index in [2.05, 4.69) is 4.98 Å². The van der Waals surface area contributed by atoms with Crippen LogP contribution in [0.3, 0.4) is 0 Å². The molecule has 0 saturated carbocycles. The van der Waals surface area contributed by atoms with Crippen LogP contribution in [0, 0.1) is 0 Å². The minimum Gasteiger partial charge on any atom is -0.319 e. The Kier molecular flexibility index (Phi) is 3.27. The molecule has 0 N–H and O–H groups in total. The Balaban J connectivity index is 2.30. The van der Waals surface area contributed by atoms with Gasteiger partial charge in [0.05, 0.1) is 39.0 Å². The van der Waals surface area contributed by atoms with Gasteiger partial charge in [-0.3, -0.25) is 0 Å². The van der Waals surface area contributed by atoms with Crippen LogP contribution >= 0.6 is 23.2 Å². The topological polar surface area (TPSA) is 52.0 Å². The Morgan fingerprint density at radius 3 is 2.80 bits per heavy atom. The second kappa shape index (κ2) is 4.61. The maximum atomic E-state index is 11.9.